The molecule has 2 aromatic rings. The summed E-state index contributed by atoms with van der Waals surface area (Å²) in [5.41, 5.74) is 3.48. The molecule has 112 valence electrons. The van der Waals surface area contributed by atoms with Gasteiger partial charge < -0.3 is 4.74 Å². The van der Waals surface area contributed by atoms with Gasteiger partial charge in [-0.3, -0.25) is 5.32 Å². The molecular formula is C19H18FNO. The lowest BCUT2D eigenvalue weighted by Gasteiger charge is -2.14. The second kappa shape index (κ2) is 6.64. The number of benzene rings is 2. The van der Waals surface area contributed by atoms with E-state index in [0.29, 0.717) is 19.2 Å². The Hall–Kier alpha value is -2.31. The number of hydrogen-bond donors (Lipinski definition) is 1. The van der Waals surface area contributed by atoms with Crippen molar-refractivity contribution >= 4 is 0 Å². The predicted octanol–water partition coefficient (Wildman–Crippen LogP) is 3.61. The fourth-order valence-corrected chi connectivity index (χ4v) is 2.89. The highest BCUT2D eigenvalue weighted by Crippen LogP contribution is 2.37. The molecule has 2 nitrogen and oxygen atoms in total. The average Bonchev–Trinajstić information content (AvgIpc) is 2.96. The van der Waals surface area contributed by atoms with Gasteiger partial charge in [0.25, 0.3) is 0 Å². The second-order valence-electron chi connectivity index (χ2n) is 5.42. The highest BCUT2D eigenvalue weighted by atomic mass is 19.1. The molecule has 0 aliphatic heterocycles. The van der Waals surface area contributed by atoms with Crippen molar-refractivity contribution in [2.24, 2.45) is 0 Å². The number of halogens is 1. The Morgan fingerprint density at radius 3 is 2.82 bits per heavy atom. The van der Waals surface area contributed by atoms with Crippen molar-refractivity contribution in [3.63, 3.8) is 0 Å². The van der Waals surface area contributed by atoms with Crippen molar-refractivity contribution in [3.8, 4) is 18.1 Å². The zero-order chi connectivity index (χ0) is 15.4. The van der Waals surface area contributed by atoms with E-state index in [1.165, 1.54) is 23.3 Å². The van der Waals surface area contributed by atoms with Gasteiger partial charge in [0.1, 0.15) is 18.2 Å². The first-order chi connectivity index (χ1) is 10.8. The van der Waals surface area contributed by atoms with Gasteiger partial charge in [0, 0.05) is 6.04 Å². The number of rotatable bonds is 5. The maximum absolute atomic E-state index is 12.9. The van der Waals surface area contributed by atoms with Crippen LogP contribution in [-0.4, -0.2) is 6.54 Å². The highest BCUT2D eigenvalue weighted by molar-refractivity contribution is 5.45. The van der Waals surface area contributed by atoms with Gasteiger partial charge >= 0.3 is 0 Å². The SMILES string of the molecule is C#CCNC1CCc2c(OCc3ccc(F)cc3)cccc21. The van der Waals surface area contributed by atoms with E-state index in [-0.39, 0.29) is 5.82 Å². The van der Waals surface area contributed by atoms with E-state index >= 15 is 0 Å². The Labute approximate surface area is 130 Å². The van der Waals surface area contributed by atoms with Crippen LogP contribution in [0.25, 0.3) is 0 Å². The molecule has 2 aromatic carbocycles. The standard InChI is InChI=1S/C19H18FNO/c1-2-12-21-18-11-10-17-16(18)4-3-5-19(17)22-13-14-6-8-15(20)9-7-14/h1,3-9,18,21H,10-13H2. The van der Waals surface area contributed by atoms with Gasteiger partial charge in [-0.05, 0) is 47.7 Å². The van der Waals surface area contributed by atoms with Crippen LogP contribution >= 0.6 is 0 Å². The van der Waals surface area contributed by atoms with Crippen molar-refractivity contribution in [1.29, 1.82) is 0 Å². The summed E-state index contributed by atoms with van der Waals surface area (Å²) >= 11 is 0. The van der Waals surface area contributed by atoms with Crippen LogP contribution in [0.2, 0.25) is 0 Å². The summed E-state index contributed by atoms with van der Waals surface area (Å²) in [6, 6.07) is 12.8. The molecule has 0 heterocycles. The van der Waals surface area contributed by atoms with Gasteiger partial charge in [0.2, 0.25) is 0 Å². The first-order valence-corrected chi connectivity index (χ1v) is 7.44. The number of terminal acetylenes is 1. The third-order valence-corrected chi connectivity index (χ3v) is 3.99. The van der Waals surface area contributed by atoms with Gasteiger partial charge in [0.15, 0.2) is 0 Å². The lowest BCUT2D eigenvalue weighted by molar-refractivity contribution is 0.303. The molecule has 0 radical (unpaired) electrons. The van der Waals surface area contributed by atoms with Gasteiger partial charge in [-0.2, -0.15) is 0 Å². The number of hydrogen-bond acceptors (Lipinski definition) is 2. The summed E-state index contributed by atoms with van der Waals surface area (Å²) < 4.78 is 18.8. The molecule has 0 saturated heterocycles. The number of ether oxygens (including phenoxy) is 1. The van der Waals surface area contributed by atoms with E-state index in [2.05, 4.69) is 17.3 Å². The van der Waals surface area contributed by atoms with Crippen molar-refractivity contribution in [2.75, 3.05) is 6.54 Å². The largest absolute Gasteiger partial charge is 0.489 e. The molecular weight excluding hydrogens is 277 g/mol. The first kappa shape index (κ1) is 14.6. The lowest BCUT2D eigenvalue weighted by Crippen LogP contribution is -2.19. The Morgan fingerprint density at radius 2 is 2.05 bits per heavy atom. The van der Waals surface area contributed by atoms with Crippen molar-refractivity contribution in [1.82, 2.24) is 5.32 Å². The molecule has 3 heteroatoms. The summed E-state index contributed by atoms with van der Waals surface area (Å²) in [5.74, 6) is 3.30. The van der Waals surface area contributed by atoms with E-state index in [0.717, 1.165) is 24.2 Å². The zero-order valence-corrected chi connectivity index (χ0v) is 12.3. The lowest BCUT2D eigenvalue weighted by atomic mass is 10.1. The van der Waals surface area contributed by atoms with Gasteiger partial charge in [-0.25, -0.2) is 4.39 Å². The minimum absolute atomic E-state index is 0.230. The molecule has 3 rings (SSSR count). The summed E-state index contributed by atoms with van der Waals surface area (Å²) in [4.78, 5) is 0. The maximum atomic E-state index is 12.9. The molecule has 0 spiro atoms. The van der Waals surface area contributed by atoms with Crippen LogP contribution in [0.5, 0.6) is 5.75 Å². The Balaban J connectivity index is 1.72. The molecule has 0 amide bonds. The van der Waals surface area contributed by atoms with Crippen molar-refractivity contribution in [3.05, 3.63) is 65.0 Å². The topological polar surface area (TPSA) is 21.3 Å². The van der Waals surface area contributed by atoms with Gasteiger partial charge in [-0.15, -0.1) is 6.42 Å². The van der Waals surface area contributed by atoms with E-state index in [4.69, 9.17) is 11.2 Å². The molecule has 0 bridgehead atoms. The first-order valence-electron chi connectivity index (χ1n) is 7.44. The van der Waals surface area contributed by atoms with Crippen LogP contribution in [0.4, 0.5) is 4.39 Å². The van der Waals surface area contributed by atoms with Crippen LogP contribution in [-0.2, 0) is 13.0 Å². The molecule has 1 aliphatic rings. The van der Waals surface area contributed by atoms with E-state index < -0.39 is 0 Å². The Morgan fingerprint density at radius 1 is 1.23 bits per heavy atom. The van der Waals surface area contributed by atoms with E-state index in [1.54, 1.807) is 12.1 Å². The highest BCUT2D eigenvalue weighted by Gasteiger charge is 2.24. The number of nitrogens with one attached hydrogen (secondary N) is 1. The molecule has 1 unspecified atom stereocenters. The van der Waals surface area contributed by atoms with Crippen LogP contribution in [0, 0.1) is 18.2 Å². The predicted molar refractivity (Wildman–Crippen MR) is 85.1 cm³/mol. The zero-order valence-electron chi connectivity index (χ0n) is 12.3. The van der Waals surface area contributed by atoms with Crippen LogP contribution < -0.4 is 10.1 Å². The van der Waals surface area contributed by atoms with Crippen LogP contribution in [0.1, 0.15) is 29.2 Å². The smallest absolute Gasteiger partial charge is 0.123 e. The fraction of sp³-hybridized carbons (Fsp3) is 0.263. The average molecular weight is 295 g/mol. The number of fused-ring (bicyclic) bond motifs is 1. The van der Waals surface area contributed by atoms with Crippen LogP contribution in [0.15, 0.2) is 42.5 Å². The fourth-order valence-electron chi connectivity index (χ4n) is 2.89. The quantitative estimate of drug-likeness (QED) is 0.851. The molecule has 1 N–H and O–H groups in total. The Bertz CT molecular complexity index is 688. The third-order valence-electron chi connectivity index (χ3n) is 3.99. The molecule has 1 atom stereocenters. The molecule has 0 aromatic heterocycles. The third kappa shape index (κ3) is 3.13. The van der Waals surface area contributed by atoms with Gasteiger partial charge in [-0.1, -0.05) is 30.2 Å². The summed E-state index contributed by atoms with van der Waals surface area (Å²) in [7, 11) is 0. The summed E-state index contributed by atoms with van der Waals surface area (Å²) in [6.07, 6.45) is 7.33. The van der Waals surface area contributed by atoms with Crippen molar-refractivity contribution in [2.45, 2.75) is 25.5 Å². The second-order valence-corrected chi connectivity index (χ2v) is 5.42. The van der Waals surface area contributed by atoms with E-state index in [1.807, 2.05) is 12.1 Å². The normalized spacial score (nSPS) is 16.1. The van der Waals surface area contributed by atoms with E-state index in [9.17, 15) is 4.39 Å². The van der Waals surface area contributed by atoms with Crippen molar-refractivity contribution < 1.29 is 9.13 Å². The van der Waals surface area contributed by atoms with Crippen LogP contribution in [0.3, 0.4) is 0 Å². The molecule has 1 aliphatic carbocycles. The summed E-state index contributed by atoms with van der Waals surface area (Å²) in [6.45, 7) is 1.02. The molecule has 0 saturated carbocycles. The minimum Gasteiger partial charge on any atom is -0.489 e. The minimum atomic E-state index is -0.230. The monoisotopic (exact) mass is 295 g/mol. The molecule has 0 fully saturated rings. The summed E-state index contributed by atoms with van der Waals surface area (Å²) in [5, 5.41) is 3.36. The Kier molecular flexibility index (Phi) is 4.41. The molecule has 22 heavy (non-hydrogen) atoms. The van der Waals surface area contributed by atoms with Gasteiger partial charge in [0.05, 0.1) is 6.54 Å². The maximum Gasteiger partial charge on any atom is 0.123 e.